The zero-order valence-corrected chi connectivity index (χ0v) is 15.5. The van der Waals surface area contributed by atoms with Gasteiger partial charge in [-0.15, -0.1) is 0 Å². The fraction of sp³-hybridized carbons (Fsp3) is 0.667. The summed E-state index contributed by atoms with van der Waals surface area (Å²) in [5.74, 6) is 0.783. The number of hydrogen-bond acceptors (Lipinski definition) is 2. The molecule has 0 amide bonds. The summed E-state index contributed by atoms with van der Waals surface area (Å²) in [6, 6.07) is 9.40. The molecule has 0 N–H and O–H groups in total. The van der Waals surface area contributed by atoms with E-state index in [4.69, 9.17) is 0 Å². The molecule has 2 nitrogen and oxygen atoms in total. The van der Waals surface area contributed by atoms with Gasteiger partial charge in [0.05, 0.1) is 8.07 Å². The zero-order chi connectivity index (χ0) is 15.5. The van der Waals surface area contributed by atoms with Crippen LogP contribution in [0.2, 0.25) is 19.6 Å². The van der Waals surface area contributed by atoms with Gasteiger partial charge in [-0.1, -0.05) is 62.9 Å². The maximum Gasteiger partial charge on any atom is 0.0775 e. The van der Waals surface area contributed by atoms with Crippen LogP contribution in [0.1, 0.15) is 19.4 Å². The predicted octanol–water partition coefficient (Wildman–Crippen LogP) is 3.01. The molecule has 1 aliphatic rings. The first-order valence-corrected chi connectivity index (χ1v) is 11.9. The van der Waals surface area contributed by atoms with Crippen molar-refractivity contribution in [2.45, 2.75) is 40.0 Å². The number of piperazine rings is 1. The molecule has 0 aromatic heterocycles. The van der Waals surface area contributed by atoms with Crippen LogP contribution in [0.25, 0.3) is 0 Å². The Morgan fingerprint density at radius 3 is 1.90 bits per heavy atom. The number of rotatable bonds is 5. The second-order valence-electron chi connectivity index (χ2n) is 7.92. The molecule has 0 aliphatic carbocycles. The fourth-order valence-corrected chi connectivity index (χ4v) is 4.18. The Bertz CT molecular complexity index is 426. The SMILES string of the molecule is CC(C)CN1CCN(Cc2ccc([Si](C)(C)C)cc2)CC1. The van der Waals surface area contributed by atoms with Gasteiger partial charge in [-0.05, 0) is 11.5 Å². The van der Waals surface area contributed by atoms with Gasteiger partial charge in [0.25, 0.3) is 0 Å². The molecule has 1 saturated heterocycles. The highest BCUT2D eigenvalue weighted by molar-refractivity contribution is 6.88. The molecule has 0 atom stereocenters. The monoisotopic (exact) mass is 304 g/mol. The molecule has 0 spiro atoms. The lowest BCUT2D eigenvalue weighted by Gasteiger charge is -2.35. The average molecular weight is 305 g/mol. The number of nitrogens with zero attached hydrogens (tertiary/aromatic N) is 2. The van der Waals surface area contributed by atoms with Gasteiger partial charge in [0.1, 0.15) is 0 Å². The van der Waals surface area contributed by atoms with Gasteiger partial charge in [-0.25, -0.2) is 0 Å². The van der Waals surface area contributed by atoms with Crippen LogP contribution in [-0.2, 0) is 6.54 Å². The molecule has 0 radical (unpaired) electrons. The molecule has 0 bridgehead atoms. The molecule has 1 aromatic carbocycles. The van der Waals surface area contributed by atoms with Gasteiger partial charge >= 0.3 is 0 Å². The molecule has 0 saturated carbocycles. The van der Waals surface area contributed by atoms with E-state index >= 15 is 0 Å². The van der Waals surface area contributed by atoms with Crippen molar-refractivity contribution in [3.8, 4) is 0 Å². The molecule has 118 valence electrons. The van der Waals surface area contributed by atoms with Gasteiger partial charge in [0, 0.05) is 39.3 Å². The molecule has 2 rings (SSSR count). The Labute approximate surface area is 132 Å². The summed E-state index contributed by atoms with van der Waals surface area (Å²) in [6.45, 7) is 19.1. The Hall–Kier alpha value is -0.643. The van der Waals surface area contributed by atoms with Gasteiger partial charge in [0.15, 0.2) is 0 Å². The van der Waals surface area contributed by atoms with E-state index < -0.39 is 8.07 Å². The first-order valence-electron chi connectivity index (χ1n) is 8.39. The number of hydrogen-bond donors (Lipinski definition) is 0. The molecule has 1 heterocycles. The molecule has 1 aromatic rings. The zero-order valence-electron chi connectivity index (χ0n) is 14.5. The topological polar surface area (TPSA) is 6.48 Å². The second kappa shape index (κ2) is 7.08. The minimum Gasteiger partial charge on any atom is -0.301 e. The summed E-state index contributed by atoms with van der Waals surface area (Å²) < 4.78 is 0. The van der Waals surface area contributed by atoms with Crippen molar-refractivity contribution >= 4 is 13.3 Å². The van der Waals surface area contributed by atoms with Crippen molar-refractivity contribution in [2.24, 2.45) is 5.92 Å². The van der Waals surface area contributed by atoms with Crippen LogP contribution in [-0.4, -0.2) is 50.6 Å². The third-order valence-corrected chi connectivity index (χ3v) is 6.38. The molecule has 21 heavy (non-hydrogen) atoms. The summed E-state index contributed by atoms with van der Waals surface area (Å²) in [6.07, 6.45) is 0. The van der Waals surface area contributed by atoms with Crippen molar-refractivity contribution in [2.75, 3.05) is 32.7 Å². The third kappa shape index (κ3) is 5.24. The van der Waals surface area contributed by atoms with Crippen LogP contribution in [0.15, 0.2) is 24.3 Å². The minimum atomic E-state index is -1.15. The second-order valence-corrected chi connectivity index (χ2v) is 13.0. The highest BCUT2D eigenvalue weighted by Crippen LogP contribution is 2.10. The lowest BCUT2D eigenvalue weighted by molar-refractivity contribution is 0.117. The van der Waals surface area contributed by atoms with E-state index in [9.17, 15) is 0 Å². The van der Waals surface area contributed by atoms with Crippen LogP contribution in [0.5, 0.6) is 0 Å². The van der Waals surface area contributed by atoms with Gasteiger partial charge in [-0.2, -0.15) is 0 Å². The van der Waals surface area contributed by atoms with Gasteiger partial charge < -0.3 is 4.90 Å². The first kappa shape index (κ1) is 16.7. The Kier molecular flexibility index (Phi) is 5.64. The van der Waals surface area contributed by atoms with E-state index in [1.165, 1.54) is 38.3 Å². The summed E-state index contributed by atoms with van der Waals surface area (Å²) in [5, 5.41) is 1.56. The van der Waals surface area contributed by atoms with Crippen molar-refractivity contribution in [1.82, 2.24) is 9.80 Å². The summed E-state index contributed by atoms with van der Waals surface area (Å²) in [4.78, 5) is 5.20. The summed E-state index contributed by atoms with van der Waals surface area (Å²) in [5.41, 5.74) is 1.47. The number of benzene rings is 1. The Balaban J connectivity index is 1.83. The molecular formula is C18H32N2Si. The van der Waals surface area contributed by atoms with E-state index in [1.807, 2.05) is 0 Å². The molecular weight excluding hydrogens is 272 g/mol. The van der Waals surface area contributed by atoms with Crippen LogP contribution >= 0.6 is 0 Å². The quantitative estimate of drug-likeness (QED) is 0.772. The standard InChI is InChI=1S/C18H32N2Si/c1-16(2)14-19-10-12-20(13-11-19)15-17-6-8-18(9-7-17)21(3,4)5/h6-9,16H,10-15H2,1-5H3. The van der Waals surface area contributed by atoms with E-state index in [0.29, 0.717) is 0 Å². The maximum atomic E-state index is 2.61. The minimum absolute atomic E-state index is 0.783. The Morgan fingerprint density at radius 1 is 0.905 bits per heavy atom. The molecule has 1 aliphatic heterocycles. The molecule has 0 unspecified atom stereocenters. The van der Waals surface area contributed by atoms with Crippen LogP contribution in [0.4, 0.5) is 0 Å². The van der Waals surface area contributed by atoms with Crippen molar-refractivity contribution in [3.05, 3.63) is 29.8 Å². The van der Waals surface area contributed by atoms with Crippen LogP contribution < -0.4 is 5.19 Å². The van der Waals surface area contributed by atoms with Crippen LogP contribution in [0, 0.1) is 5.92 Å². The largest absolute Gasteiger partial charge is 0.301 e. The summed E-state index contributed by atoms with van der Waals surface area (Å²) >= 11 is 0. The Morgan fingerprint density at radius 2 is 1.43 bits per heavy atom. The smallest absolute Gasteiger partial charge is 0.0775 e. The van der Waals surface area contributed by atoms with E-state index in [2.05, 4.69) is 67.6 Å². The average Bonchev–Trinajstić information content (AvgIpc) is 2.40. The van der Waals surface area contributed by atoms with Crippen molar-refractivity contribution < 1.29 is 0 Å². The van der Waals surface area contributed by atoms with Gasteiger partial charge in [-0.3, -0.25) is 4.90 Å². The maximum absolute atomic E-state index is 2.61. The molecule has 3 heteroatoms. The van der Waals surface area contributed by atoms with Crippen molar-refractivity contribution in [1.29, 1.82) is 0 Å². The lowest BCUT2D eigenvalue weighted by Crippen LogP contribution is -2.46. The first-order chi connectivity index (χ1) is 9.84. The highest BCUT2D eigenvalue weighted by atomic mass is 28.3. The third-order valence-electron chi connectivity index (χ3n) is 4.31. The highest BCUT2D eigenvalue weighted by Gasteiger charge is 2.18. The lowest BCUT2D eigenvalue weighted by atomic mass is 10.1. The van der Waals surface area contributed by atoms with E-state index in [-0.39, 0.29) is 0 Å². The van der Waals surface area contributed by atoms with E-state index in [0.717, 1.165) is 12.5 Å². The molecule has 1 fully saturated rings. The fourth-order valence-electron chi connectivity index (χ4n) is 3.01. The van der Waals surface area contributed by atoms with Crippen molar-refractivity contribution in [3.63, 3.8) is 0 Å². The predicted molar refractivity (Wildman–Crippen MR) is 96.0 cm³/mol. The van der Waals surface area contributed by atoms with Gasteiger partial charge in [0.2, 0.25) is 0 Å². The summed E-state index contributed by atoms with van der Waals surface area (Å²) in [7, 11) is -1.15. The normalized spacial score (nSPS) is 18.4. The van der Waals surface area contributed by atoms with E-state index in [1.54, 1.807) is 5.19 Å². The van der Waals surface area contributed by atoms with Crippen LogP contribution in [0.3, 0.4) is 0 Å².